The summed E-state index contributed by atoms with van der Waals surface area (Å²) in [4.78, 5) is 28.5. The van der Waals surface area contributed by atoms with Crippen LogP contribution < -0.4 is 4.72 Å². The average molecular weight is 521 g/mol. The van der Waals surface area contributed by atoms with Gasteiger partial charge in [-0.2, -0.15) is 0 Å². The van der Waals surface area contributed by atoms with Crippen LogP contribution in [0, 0.1) is 0 Å². The van der Waals surface area contributed by atoms with Gasteiger partial charge in [-0.3, -0.25) is 14.3 Å². The molecular formula is C29H32N2O5S. The Hall–Kier alpha value is -3.49. The van der Waals surface area contributed by atoms with Gasteiger partial charge in [0.05, 0.1) is 18.3 Å². The van der Waals surface area contributed by atoms with Crippen LogP contribution in [0.25, 0.3) is 0 Å². The number of amides is 2. The molecule has 2 atom stereocenters. The molecule has 0 unspecified atom stereocenters. The Balaban J connectivity index is 1.53. The number of nitrogens with zero attached hydrogens (tertiary/aromatic N) is 1. The van der Waals surface area contributed by atoms with Crippen LogP contribution in [-0.4, -0.2) is 56.7 Å². The summed E-state index contributed by atoms with van der Waals surface area (Å²) in [5, 5.41) is 0. The fraction of sp³-hybridized carbons (Fsp3) is 0.310. The maximum atomic E-state index is 14.0. The molecule has 1 aliphatic heterocycles. The molecule has 1 heterocycles. The van der Waals surface area contributed by atoms with E-state index >= 15 is 0 Å². The number of likely N-dealkylation sites (tertiary alicyclic amines) is 1. The van der Waals surface area contributed by atoms with Crippen LogP contribution in [0.4, 0.5) is 0 Å². The molecular weight excluding hydrogens is 488 g/mol. The number of carbonyl (C=O) groups is 2. The second-order valence-corrected chi connectivity index (χ2v) is 11.1. The molecule has 0 saturated carbocycles. The Kier molecular flexibility index (Phi) is 8.74. The number of benzene rings is 3. The van der Waals surface area contributed by atoms with Gasteiger partial charge in [0.1, 0.15) is 6.04 Å². The molecule has 2 amide bonds. The lowest BCUT2D eigenvalue weighted by molar-refractivity contribution is -0.138. The minimum Gasteiger partial charge on any atom is -0.376 e. The maximum absolute atomic E-state index is 14.0. The van der Waals surface area contributed by atoms with E-state index in [0.29, 0.717) is 6.61 Å². The predicted octanol–water partition coefficient (Wildman–Crippen LogP) is 3.51. The molecule has 1 saturated heterocycles. The first-order valence-corrected chi connectivity index (χ1v) is 14.3. The minimum absolute atomic E-state index is 0.211. The van der Waals surface area contributed by atoms with Crippen molar-refractivity contribution in [3.8, 4) is 0 Å². The first-order valence-electron chi connectivity index (χ1n) is 12.4. The number of sulfonamides is 1. The molecule has 0 aliphatic carbocycles. The molecule has 0 aromatic heterocycles. The summed E-state index contributed by atoms with van der Waals surface area (Å²) < 4.78 is 31.8. The van der Waals surface area contributed by atoms with Crippen LogP contribution in [0.3, 0.4) is 0 Å². The van der Waals surface area contributed by atoms with Crippen LogP contribution in [-0.2, 0) is 30.8 Å². The van der Waals surface area contributed by atoms with Gasteiger partial charge in [0.2, 0.25) is 15.9 Å². The number of rotatable bonds is 10. The van der Waals surface area contributed by atoms with E-state index in [2.05, 4.69) is 16.9 Å². The summed E-state index contributed by atoms with van der Waals surface area (Å²) in [6.07, 6.45) is 2.45. The third kappa shape index (κ3) is 7.27. The number of aryl methyl sites for hydroxylation is 1. The minimum atomic E-state index is -3.78. The third-order valence-electron chi connectivity index (χ3n) is 6.45. The number of ether oxygens (including phenoxy) is 1. The van der Waals surface area contributed by atoms with Crippen molar-refractivity contribution < 1.29 is 22.7 Å². The molecule has 8 heteroatoms. The second kappa shape index (κ2) is 12.2. The summed E-state index contributed by atoms with van der Waals surface area (Å²) in [6.45, 7) is 0.686. The van der Waals surface area contributed by atoms with E-state index in [1.54, 1.807) is 0 Å². The quantitative estimate of drug-likeness (QED) is 0.413. The van der Waals surface area contributed by atoms with Crippen molar-refractivity contribution in [1.82, 2.24) is 9.62 Å². The lowest BCUT2D eigenvalue weighted by Gasteiger charge is -2.28. The number of hydrogen-bond acceptors (Lipinski definition) is 5. The van der Waals surface area contributed by atoms with Gasteiger partial charge < -0.3 is 9.64 Å². The molecule has 4 rings (SSSR count). The van der Waals surface area contributed by atoms with Crippen molar-refractivity contribution in [2.45, 2.75) is 37.3 Å². The summed E-state index contributed by atoms with van der Waals surface area (Å²) in [6, 6.07) is 27.9. The topological polar surface area (TPSA) is 92.8 Å². The molecule has 0 bridgehead atoms. The molecule has 194 valence electrons. The largest absolute Gasteiger partial charge is 0.376 e. The summed E-state index contributed by atoms with van der Waals surface area (Å²) in [5.74, 6) is -1.61. The Morgan fingerprint density at radius 2 is 1.46 bits per heavy atom. The molecule has 3 aromatic carbocycles. The predicted molar refractivity (Wildman–Crippen MR) is 142 cm³/mol. The Morgan fingerprint density at radius 1 is 0.919 bits per heavy atom. The second-order valence-electron chi connectivity index (χ2n) is 9.32. The molecule has 37 heavy (non-hydrogen) atoms. The van der Waals surface area contributed by atoms with E-state index in [4.69, 9.17) is 4.74 Å². The number of carbonyl (C=O) groups excluding carboxylic acids is 2. The van der Waals surface area contributed by atoms with Gasteiger partial charge in [-0.15, -0.1) is 0 Å². The van der Waals surface area contributed by atoms with Gasteiger partial charge in [0.15, 0.2) is 0 Å². The van der Waals surface area contributed by atoms with Crippen molar-refractivity contribution in [2.24, 2.45) is 0 Å². The Labute approximate surface area is 218 Å². The van der Waals surface area contributed by atoms with E-state index in [-0.39, 0.29) is 25.0 Å². The maximum Gasteiger partial charge on any atom is 0.256 e. The fourth-order valence-electron chi connectivity index (χ4n) is 4.77. The van der Waals surface area contributed by atoms with Crippen molar-refractivity contribution in [2.75, 3.05) is 19.4 Å². The third-order valence-corrected chi connectivity index (χ3v) is 7.03. The zero-order valence-electron chi connectivity index (χ0n) is 20.8. The van der Waals surface area contributed by atoms with E-state index < -0.39 is 27.9 Å². The molecule has 0 radical (unpaired) electrons. The smallest absolute Gasteiger partial charge is 0.256 e. The number of nitrogens with one attached hydrogen (secondary N) is 1. The zero-order valence-corrected chi connectivity index (χ0v) is 21.6. The molecule has 1 N–H and O–H groups in total. The zero-order chi connectivity index (χ0) is 26.3. The highest BCUT2D eigenvalue weighted by atomic mass is 32.2. The Morgan fingerprint density at radius 3 is 2.00 bits per heavy atom. The highest BCUT2D eigenvalue weighted by Gasteiger charge is 2.43. The van der Waals surface area contributed by atoms with Gasteiger partial charge in [0.25, 0.3) is 5.91 Å². The lowest BCUT2D eigenvalue weighted by Crippen LogP contribution is -2.48. The first-order chi connectivity index (χ1) is 17.8. The van der Waals surface area contributed by atoms with Gasteiger partial charge in [0, 0.05) is 19.6 Å². The van der Waals surface area contributed by atoms with Crippen molar-refractivity contribution in [3.63, 3.8) is 0 Å². The molecule has 3 aromatic rings. The summed E-state index contributed by atoms with van der Waals surface area (Å²) >= 11 is 0. The number of hydrogen-bond donors (Lipinski definition) is 1. The van der Waals surface area contributed by atoms with Gasteiger partial charge in [-0.1, -0.05) is 91.0 Å². The SMILES string of the molecule is CS(=O)(=O)NC(=O)[C@@H]1C[C@H](OCCCc2ccccc2)CN1C(=O)C(c1ccccc1)c1ccccc1. The fourth-order valence-corrected chi connectivity index (χ4v) is 5.27. The van der Waals surface area contributed by atoms with E-state index in [9.17, 15) is 18.0 Å². The Bertz CT molecular complexity index is 1240. The van der Waals surface area contributed by atoms with Crippen LogP contribution in [0.15, 0.2) is 91.0 Å². The van der Waals surface area contributed by atoms with Crippen LogP contribution >= 0.6 is 0 Å². The van der Waals surface area contributed by atoms with Gasteiger partial charge in [-0.25, -0.2) is 8.42 Å². The van der Waals surface area contributed by atoms with Crippen LogP contribution in [0.2, 0.25) is 0 Å². The average Bonchev–Trinajstić information content (AvgIpc) is 3.32. The first kappa shape index (κ1) is 26.6. The lowest BCUT2D eigenvalue weighted by atomic mass is 9.90. The standard InChI is InChI=1S/C29H32N2O5S/c1-37(34,35)30-28(32)26-20-25(36-19-11-14-22-12-5-2-6-13-22)21-31(26)29(33)27(23-15-7-3-8-16-23)24-17-9-4-10-18-24/h2-10,12-13,15-18,25-27H,11,14,19-21H2,1H3,(H,30,32)/t25-,26-/m0/s1. The van der Waals surface area contributed by atoms with E-state index in [1.807, 2.05) is 78.9 Å². The van der Waals surface area contributed by atoms with E-state index in [1.165, 1.54) is 10.5 Å². The summed E-state index contributed by atoms with van der Waals surface area (Å²) in [7, 11) is -3.78. The molecule has 0 spiro atoms. The molecule has 1 aliphatic rings. The van der Waals surface area contributed by atoms with Crippen molar-refractivity contribution >= 4 is 21.8 Å². The molecule has 7 nitrogen and oxygen atoms in total. The summed E-state index contributed by atoms with van der Waals surface area (Å²) in [5.41, 5.74) is 2.81. The van der Waals surface area contributed by atoms with Crippen molar-refractivity contribution in [3.05, 3.63) is 108 Å². The van der Waals surface area contributed by atoms with E-state index in [0.717, 1.165) is 30.2 Å². The van der Waals surface area contributed by atoms with Crippen LogP contribution in [0.5, 0.6) is 0 Å². The monoisotopic (exact) mass is 520 g/mol. The molecule has 1 fully saturated rings. The highest BCUT2D eigenvalue weighted by Crippen LogP contribution is 2.31. The highest BCUT2D eigenvalue weighted by molar-refractivity contribution is 7.89. The van der Waals surface area contributed by atoms with Gasteiger partial charge in [-0.05, 0) is 29.5 Å². The van der Waals surface area contributed by atoms with Crippen LogP contribution in [0.1, 0.15) is 35.4 Å². The van der Waals surface area contributed by atoms with Crippen molar-refractivity contribution in [1.29, 1.82) is 0 Å². The normalized spacial score (nSPS) is 17.6. The van der Waals surface area contributed by atoms with Gasteiger partial charge >= 0.3 is 0 Å².